The number of carbonyl (C=O) groups excluding carboxylic acids is 2. The molecule has 2 aromatic rings. The normalized spacial score (nSPS) is 10.1. The Morgan fingerprint density at radius 2 is 1.64 bits per heavy atom. The highest BCUT2D eigenvalue weighted by atomic mass is 79.9. The van der Waals surface area contributed by atoms with E-state index in [-0.39, 0.29) is 24.8 Å². The highest BCUT2D eigenvalue weighted by molar-refractivity contribution is 9.10. The third-order valence-electron chi connectivity index (χ3n) is 2.87. The maximum absolute atomic E-state index is 11.9. The molecule has 0 aliphatic heterocycles. The van der Waals surface area contributed by atoms with Crippen LogP contribution in [-0.4, -0.2) is 18.4 Å². The van der Waals surface area contributed by atoms with Gasteiger partial charge in [-0.3, -0.25) is 9.59 Å². The Morgan fingerprint density at radius 3 is 2.27 bits per heavy atom. The van der Waals surface area contributed by atoms with Crippen molar-refractivity contribution in [3.8, 4) is 0 Å². The van der Waals surface area contributed by atoms with Crippen molar-refractivity contribution in [3.05, 3.63) is 63.6 Å². The maximum atomic E-state index is 11.9. The highest BCUT2D eigenvalue weighted by Gasteiger charge is 2.07. The number of amides is 2. The van der Waals surface area contributed by atoms with Crippen molar-refractivity contribution in [1.29, 1.82) is 0 Å². The van der Waals surface area contributed by atoms with Gasteiger partial charge in [0, 0.05) is 33.7 Å². The van der Waals surface area contributed by atoms with Crippen LogP contribution in [0.3, 0.4) is 0 Å². The molecule has 22 heavy (non-hydrogen) atoms. The first kappa shape index (κ1) is 16.5. The fourth-order valence-corrected chi connectivity index (χ4v) is 2.14. The van der Waals surface area contributed by atoms with Gasteiger partial charge in [0.15, 0.2) is 0 Å². The molecule has 0 aromatic heterocycles. The maximum Gasteiger partial charge on any atom is 0.251 e. The number of hydrogen-bond donors (Lipinski definition) is 2. The number of halogens is 2. The van der Waals surface area contributed by atoms with Crippen LogP contribution in [-0.2, 0) is 4.79 Å². The zero-order valence-electron chi connectivity index (χ0n) is 11.6. The zero-order valence-corrected chi connectivity index (χ0v) is 13.9. The lowest BCUT2D eigenvalue weighted by Gasteiger charge is -2.07. The zero-order chi connectivity index (χ0) is 15.9. The molecule has 0 atom stereocenters. The minimum absolute atomic E-state index is 0.168. The topological polar surface area (TPSA) is 58.2 Å². The highest BCUT2D eigenvalue weighted by Crippen LogP contribution is 2.13. The number of anilines is 1. The molecule has 0 saturated carbocycles. The molecule has 2 amide bonds. The van der Waals surface area contributed by atoms with Crippen LogP contribution in [0, 0.1) is 0 Å². The summed E-state index contributed by atoms with van der Waals surface area (Å²) in [7, 11) is 0. The third-order valence-corrected chi connectivity index (χ3v) is 3.65. The molecule has 0 radical (unpaired) electrons. The molecule has 0 saturated heterocycles. The van der Waals surface area contributed by atoms with Gasteiger partial charge in [-0.25, -0.2) is 0 Å². The van der Waals surface area contributed by atoms with Gasteiger partial charge in [-0.2, -0.15) is 0 Å². The molecule has 0 aliphatic rings. The van der Waals surface area contributed by atoms with Crippen molar-refractivity contribution >= 4 is 45.0 Å². The van der Waals surface area contributed by atoms with E-state index in [4.69, 9.17) is 11.6 Å². The van der Waals surface area contributed by atoms with E-state index in [2.05, 4.69) is 26.6 Å². The second kappa shape index (κ2) is 7.96. The van der Waals surface area contributed by atoms with Gasteiger partial charge >= 0.3 is 0 Å². The number of nitrogens with one attached hydrogen (secondary N) is 2. The summed E-state index contributed by atoms with van der Waals surface area (Å²) in [6.45, 7) is 0.272. The molecule has 2 rings (SSSR count). The molecular formula is C16H14BrClN2O2. The second-order valence-corrected chi connectivity index (χ2v) is 5.92. The molecule has 4 nitrogen and oxygen atoms in total. The summed E-state index contributed by atoms with van der Waals surface area (Å²) in [5.41, 5.74) is 1.23. The summed E-state index contributed by atoms with van der Waals surface area (Å²) in [4.78, 5) is 23.6. The number of benzene rings is 2. The summed E-state index contributed by atoms with van der Waals surface area (Å²) < 4.78 is 0.909. The van der Waals surface area contributed by atoms with Crippen LogP contribution in [0.4, 0.5) is 5.69 Å². The second-order valence-electron chi connectivity index (χ2n) is 4.57. The van der Waals surface area contributed by atoms with Gasteiger partial charge in [0.2, 0.25) is 5.91 Å². The summed E-state index contributed by atoms with van der Waals surface area (Å²) in [6, 6.07) is 13.9. The van der Waals surface area contributed by atoms with Crippen molar-refractivity contribution in [2.24, 2.45) is 0 Å². The minimum atomic E-state index is -0.202. The van der Waals surface area contributed by atoms with Crippen molar-refractivity contribution in [2.75, 3.05) is 11.9 Å². The molecule has 2 aromatic carbocycles. The Balaban J connectivity index is 1.75. The Labute approximate surface area is 142 Å². The molecule has 0 heterocycles. The summed E-state index contributed by atoms with van der Waals surface area (Å²) in [5.74, 6) is -0.370. The smallest absolute Gasteiger partial charge is 0.251 e. The monoisotopic (exact) mass is 380 g/mol. The van der Waals surface area contributed by atoms with Crippen molar-refractivity contribution in [1.82, 2.24) is 5.32 Å². The number of rotatable bonds is 5. The van der Waals surface area contributed by atoms with Gasteiger partial charge in [-0.15, -0.1) is 0 Å². The average molecular weight is 382 g/mol. The van der Waals surface area contributed by atoms with E-state index in [1.165, 1.54) is 0 Å². The number of hydrogen-bond acceptors (Lipinski definition) is 2. The SMILES string of the molecule is O=C(CCNC(=O)c1ccc(Br)cc1)Nc1ccc(Cl)cc1. The van der Waals surface area contributed by atoms with Crippen LogP contribution >= 0.6 is 27.5 Å². The quantitative estimate of drug-likeness (QED) is 0.826. The number of carbonyl (C=O) groups is 2. The average Bonchev–Trinajstić information content (AvgIpc) is 2.50. The molecule has 114 valence electrons. The molecule has 6 heteroatoms. The predicted molar refractivity (Wildman–Crippen MR) is 91.2 cm³/mol. The van der Waals surface area contributed by atoms with E-state index >= 15 is 0 Å². The van der Waals surface area contributed by atoms with E-state index in [9.17, 15) is 9.59 Å². The molecular weight excluding hydrogens is 368 g/mol. The van der Waals surface area contributed by atoms with E-state index in [1.54, 1.807) is 48.5 Å². The fraction of sp³-hybridized carbons (Fsp3) is 0.125. The molecule has 0 spiro atoms. The van der Waals surface area contributed by atoms with Crippen LogP contribution in [0.15, 0.2) is 53.0 Å². The molecule has 2 N–H and O–H groups in total. The first-order valence-corrected chi connectivity index (χ1v) is 7.81. The van der Waals surface area contributed by atoms with Crippen molar-refractivity contribution in [2.45, 2.75) is 6.42 Å². The Morgan fingerprint density at radius 1 is 1.00 bits per heavy atom. The first-order chi connectivity index (χ1) is 10.5. The van der Waals surface area contributed by atoms with Gasteiger partial charge < -0.3 is 10.6 Å². The van der Waals surface area contributed by atoms with E-state index in [1.807, 2.05) is 0 Å². The molecule has 0 aliphatic carbocycles. The molecule has 0 bridgehead atoms. The largest absolute Gasteiger partial charge is 0.352 e. The predicted octanol–water partition coefficient (Wildman–Crippen LogP) is 3.86. The molecule has 0 unspecified atom stereocenters. The Bertz CT molecular complexity index is 657. The third kappa shape index (κ3) is 5.16. The van der Waals surface area contributed by atoms with Gasteiger partial charge in [-0.05, 0) is 48.5 Å². The fourth-order valence-electron chi connectivity index (χ4n) is 1.75. The standard InChI is InChI=1S/C16H14BrClN2O2/c17-12-3-1-11(2-4-12)16(22)19-10-9-15(21)20-14-7-5-13(18)6-8-14/h1-8H,9-10H2,(H,19,22)(H,20,21). The van der Waals surface area contributed by atoms with Gasteiger partial charge in [0.05, 0.1) is 0 Å². The minimum Gasteiger partial charge on any atom is -0.352 e. The van der Waals surface area contributed by atoms with E-state index < -0.39 is 0 Å². The van der Waals surface area contributed by atoms with E-state index in [0.717, 1.165) is 4.47 Å². The van der Waals surface area contributed by atoms with Crippen molar-refractivity contribution in [3.63, 3.8) is 0 Å². The Hall–Kier alpha value is -1.85. The lowest BCUT2D eigenvalue weighted by Crippen LogP contribution is -2.27. The van der Waals surface area contributed by atoms with Gasteiger partial charge in [0.1, 0.15) is 0 Å². The summed E-state index contributed by atoms with van der Waals surface area (Å²) in [6.07, 6.45) is 0.199. The van der Waals surface area contributed by atoms with Crippen LogP contribution in [0.2, 0.25) is 5.02 Å². The molecule has 0 fully saturated rings. The summed E-state index contributed by atoms with van der Waals surface area (Å²) in [5, 5.41) is 6.05. The van der Waals surface area contributed by atoms with Crippen molar-refractivity contribution < 1.29 is 9.59 Å². The van der Waals surface area contributed by atoms with Gasteiger partial charge in [-0.1, -0.05) is 27.5 Å². The van der Waals surface area contributed by atoms with Crippen LogP contribution < -0.4 is 10.6 Å². The van der Waals surface area contributed by atoms with Crippen LogP contribution in [0.1, 0.15) is 16.8 Å². The van der Waals surface area contributed by atoms with Crippen LogP contribution in [0.5, 0.6) is 0 Å². The van der Waals surface area contributed by atoms with Crippen LogP contribution in [0.25, 0.3) is 0 Å². The lowest BCUT2D eigenvalue weighted by molar-refractivity contribution is -0.116. The van der Waals surface area contributed by atoms with E-state index in [0.29, 0.717) is 16.3 Å². The first-order valence-electron chi connectivity index (χ1n) is 6.64. The van der Waals surface area contributed by atoms with Gasteiger partial charge in [0.25, 0.3) is 5.91 Å². The lowest BCUT2D eigenvalue weighted by atomic mass is 10.2. The Kier molecular flexibility index (Phi) is 5.98. The summed E-state index contributed by atoms with van der Waals surface area (Å²) >= 11 is 9.08.